The van der Waals surface area contributed by atoms with Gasteiger partial charge < -0.3 is 5.32 Å². The van der Waals surface area contributed by atoms with Gasteiger partial charge in [0.25, 0.3) is 0 Å². The highest BCUT2D eigenvalue weighted by Gasteiger charge is 2.13. The Labute approximate surface area is 120 Å². The second-order valence-electron chi connectivity index (χ2n) is 6.06. The number of hydrogen-bond acceptors (Lipinski definition) is 3. The lowest BCUT2D eigenvalue weighted by molar-refractivity contribution is 0.342. The summed E-state index contributed by atoms with van der Waals surface area (Å²) in [7, 11) is 1.95. The third kappa shape index (κ3) is 2.85. The van der Waals surface area contributed by atoms with E-state index in [1.807, 2.05) is 24.9 Å². The van der Waals surface area contributed by atoms with Gasteiger partial charge in [-0.05, 0) is 43.9 Å². The van der Waals surface area contributed by atoms with Crippen molar-refractivity contribution < 1.29 is 0 Å². The van der Waals surface area contributed by atoms with E-state index in [1.165, 1.54) is 43.1 Å². The summed E-state index contributed by atoms with van der Waals surface area (Å²) < 4.78 is 1.85. The molecule has 2 heterocycles. The summed E-state index contributed by atoms with van der Waals surface area (Å²) in [5.41, 5.74) is 3.28. The van der Waals surface area contributed by atoms with Gasteiger partial charge in [-0.15, -0.1) is 0 Å². The Balaban J connectivity index is 1.61. The molecule has 1 fully saturated rings. The van der Waals surface area contributed by atoms with Gasteiger partial charge in [-0.25, -0.2) is 4.98 Å². The Morgan fingerprint density at radius 3 is 2.90 bits per heavy atom. The number of aryl methyl sites for hydroxylation is 2. The molecule has 20 heavy (non-hydrogen) atoms. The van der Waals surface area contributed by atoms with Crippen molar-refractivity contribution in [2.45, 2.75) is 45.6 Å². The first-order chi connectivity index (χ1) is 9.74. The van der Waals surface area contributed by atoms with Crippen LogP contribution in [0.1, 0.15) is 43.4 Å². The number of fused-ring (bicyclic) bond motifs is 1. The van der Waals surface area contributed by atoms with Crippen molar-refractivity contribution in [1.29, 1.82) is 0 Å². The van der Waals surface area contributed by atoms with Gasteiger partial charge in [0.05, 0.1) is 5.69 Å². The molecule has 1 N–H and O–H groups in total. The Morgan fingerprint density at radius 2 is 2.10 bits per heavy atom. The SMILES string of the molecule is Cc1nn(C)c2ncc(CNCC3CCCCC3)cc12. The molecule has 1 aliphatic carbocycles. The number of pyridine rings is 1. The first kappa shape index (κ1) is 13.6. The zero-order chi connectivity index (χ0) is 13.9. The van der Waals surface area contributed by atoms with E-state index in [0.717, 1.165) is 30.3 Å². The van der Waals surface area contributed by atoms with Crippen molar-refractivity contribution in [3.8, 4) is 0 Å². The maximum atomic E-state index is 4.53. The van der Waals surface area contributed by atoms with Crippen LogP contribution in [0.3, 0.4) is 0 Å². The smallest absolute Gasteiger partial charge is 0.157 e. The fourth-order valence-electron chi connectivity index (χ4n) is 3.26. The van der Waals surface area contributed by atoms with Gasteiger partial charge in [-0.3, -0.25) is 4.68 Å². The molecule has 0 aromatic carbocycles. The average Bonchev–Trinajstić information content (AvgIpc) is 2.75. The summed E-state index contributed by atoms with van der Waals surface area (Å²) >= 11 is 0. The monoisotopic (exact) mass is 272 g/mol. The summed E-state index contributed by atoms with van der Waals surface area (Å²) in [6, 6.07) is 2.22. The molecular weight excluding hydrogens is 248 g/mol. The minimum absolute atomic E-state index is 0.876. The van der Waals surface area contributed by atoms with E-state index in [-0.39, 0.29) is 0 Å². The van der Waals surface area contributed by atoms with Crippen molar-refractivity contribution in [1.82, 2.24) is 20.1 Å². The van der Waals surface area contributed by atoms with Crippen LogP contribution in [-0.4, -0.2) is 21.3 Å². The summed E-state index contributed by atoms with van der Waals surface area (Å²) in [6.45, 7) is 4.10. The van der Waals surface area contributed by atoms with Gasteiger partial charge >= 0.3 is 0 Å². The molecule has 108 valence electrons. The van der Waals surface area contributed by atoms with E-state index < -0.39 is 0 Å². The van der Waals surface area contributed by atoms with Crippen LogP contribution in [0.4, 0.5) is 0 Å². The Hall–Kier alpha value is -1.42. The predicted molar refractivity (Wildman–Crippen MR) is 81.5 cm³/mol. The topological polar surface area (TPSA) is 42.7 Å². The molecule has 0 saturated heterocycles. The summed E-state index contributed by atoms with van der Waals surface area (Å²) in [5.74, 6) is 0.876. The number of rotatable bonds is 4. The molecule has 4 nitrogen and oxygen atoms in total. The molecule has 0 amide bonds. The molecule has 2 aromatic heterocycles. The van der Waals surface area contributed by atoms with Crippen molar-refractivity contribution >= 4 is 11.0 Å². The second-order valence-corrected chi connectivity index (χ2v) is 6.06. The Bertz CT molecular complexity index is 581. The highest BCUT2D eigenvalue weighted by atomic mass is 15.3. The Morgan fingerprint density at radius 1 is 1.30 bits per heavy atom. The highest BCUT2D eigenvalue weighted by molar-refractivity contribution is 5.78. The van der Waals surface area contributed by atoms with Crippen molar-refractivity contribution in [2.24, 2.45) is 13.0 Å². The number of nitrogens with zero attached hydrogens (tertiary/aromatic N) is 3. The van der Waals surface area contributed by atoms with Gasteiger partial charge in [-0.1, -0.05) is 19.3 Å². The lowest BCUT2D eigenvalue weighted by Crippen LogP contribution is -2.24. The van der Waals surface area contributed by atoms with Crippen LogP contribution < -0.4 is 5.32 Å². The van der Waals surface area contributed by atoms with Gasteiger partial charge in [0.15, 0.2) is 5.65 Å². The van der Waals surface area contributed by atoms with Gasteiger partial charge in [0.2, 0.25) is 0 Å². The van der Waals surface area contributed by atoms with Crippen LogP contribution >= 0.6 is 0 Å². The zero-order valence-corrected chi connectivity index (χ0v) is 12.5. The Kier molecular flexibility index (Phi) is 4.01. The molecule has 0 aliphatic heterocycles. The van der Waals surface area contributed by atoms with Gasteiger partial charge in [0, 0.05) is 25.2 Å². The maximum absolute atomic E-state index is 4.53. The standard InChI is InChI=1S/C16H24N4/c1-12-15-8-14(11-18-16(15)20(2)19-12)10-17-9-13-6-4-3-5-7-13/h8,11,13,17H,3-7,9-10H2,1-2H3. The van der Waals surface area contributed by atoms with E-state index in [0.29, 0.717) is 0 Å². The van der Waals surface area contributed by atoms with Crippen LogP contribution in [-0.2, 0) is 13.6 Å². The van der Waals surface area contributed by atoms with Crippen LogP contribution in [0.25, 0.3) is 11.0 Å². The van der Waals surface area contributed by atoms with E-state index in [9.17, 15) is 0 Å². The van der Waals surface area contributed by atoms with E-state index in [4.69, 9.17) is 0 Å². The largest absolute Gasteiger partial charge is 0.312 e. The number of aromatic nitrogens is 3. The number of hydrogen-bond donors (Lipinski definition) is 1. The fraction of sp³-hybridized carbons (Fsp3) is 0.625. The first-order valence-electron chi connectivity index (χ1n) is 7.73. The number of nitrogens with one attached hydrogen (secondary N) is 1. The minimum Gasteiger partial charge on any atom is -0.312 e. The first-order valence-corrected chi connectivity index (χ1v) is 7.73. The molecule has 0 bridgehead atoms. The zero-order valence-electron chi connectivity index (χ0n) is 12.5. The molecule has 4 heteroatoms. The summed E-state index contributed by atoms with van der Waals surface area (Å²) in [4.78, 5) is 4.53. The van der Waals surface area contributed by atoms with Crippen molar-refractivity contribution in [2.75, 3.05) is 6.54 Å². The molecule has 3 rings (SSSR count). The quantitative estimate of drug-likeness (QED) is 0.930. The summed E-state index contributed by atoms with van der Waals surface area (Å²) in [5, 5.41) is 9.18. The molecular formula is C16H24N4. The third-order valence-electron chi connectivity index (χ3n) is 4.41. The third-order valence-corrected chi connectivity index (χ3v) is 4.41. The average molecular weight is 272 g/mol. The van der Waals surface area contributed by atoms with Crippen LogP contribution in [0.2, 0.25) is 0 Å². The lowest BCUT2D eigenvalue weighted by Gasteiger charge is -2.21. The maximum Gasteiger partial charge on any atom is 0.157 e. The molecule has 0 unspecified atom stereocenters. The molecule has 1 aliphatic rings. The highest BCUT2D eigenvalue weighted by Crippen LogP contribution is 2.23. The van der Waals surface area contributed by atoms with E-state index >= 15 is 0 Å². The van der Waals surface area contributed by atoms with Crippen LogP contribution in [0, 0.1) is 12.8 Å². The van der Waals surface area contributed by atoms with Gasteiger partial charge in [0.1, 0.15) is 0 Å². The fourth-order valence-corrected chi connectivity index (χ4v) is 3.26. The van der Waals surface area contributed by atoms with Crippen LogP contribution in [0.15, 0.2) is 12.3 Å². The van der Waals surface area contributed by atoms with E-state index in [1.54, 1.807) is 0 Å². The lowest BCUT2D eigenvalue weighted by atomic mass is 9.89. The normalized spacial score (nSPS) is 16.9. The second kappa shape index (κ2) is 5.92. The molecule has 1 saturated carbocycles. The van der Waals surface area contributed by atoms with E-state index in [2.05, 4.69) is 21.5 Å². The van der Waals surface area contributed by atoms with Crippen molar-refractivity contribution in [3.05, 3.63) is 23.5 Å². The minimum atomic E-state index is 0.876. The molecule has 0 atom stereocenters. The van der Waals surface area contributed by atoms with Crippen molar-refractivity contribution in [3.63, 3.8) is 0 Å². The molecule has 0 spiro atoms. The van der Waals surface area contributed by atoms with Crippen LogP contribution in [0.5, 0.6) is 0 Å². The molecule has 0 radical (unpaired) electrons. The predicted octanol–water partition coefficient (Wildman–Crippen LogP) is 2.95. The van der Waals surface area contributed by atoms with Gasteiger partial charge in [-0.2, -0.15) is 5.10 Å². The summed E-state index contributed by atoms with van der Waals surface area (Å²) in [6.07, 6.45) is 9.01. The molecule has 2 aromatic rings.